The standard InChI is InChI=1S/C9H10NO2/c1-7(11)8-3-4-10-9(5-8)6-12-2/h3-5H,1,6H2,2H3. The van der Waals surface area contributed by atoms with E-state index in [0.29, 0.717) is 12.2 Å². The first-order chi connectivity index (χ1) is 5.74. The molecule has 0 N–H and O–H groups in total. The van der Waals surface area contributed by atoms with Crippen molar-refractivity contribution in [1.82, 2.24) is 4.98 Å². The summed E-state index contributed by atoms with van der Waals surface area (Å²) in [7, 11) is 1.58. The van der Waals surface area contributed by atoms with Gasteiger partial charge in [-0.1, -0.05) is 0 Å². The zero-order chi connectivity index (χ0) is 8.97. The van der Waals surface area contributed by atoms with Gasteiger partial charge < -0.3 is 4.74 Å². The number of pyridine rings is 1. The molecule has 1 rings (SSSR count). The number of ether oxygens (including phenoxy) is 1. The van der Waals surface area contributed by atoms with E-state index >= 15 is 0 Å². The van der Waals surface area contributed by atoms with Gasteiger partial charge in [0.15, 0.2) is 5.78 Å². The van der Waals surface area contributed by atoms with Gasteiger partial charge in [-0.05, 0) is 12.1 Å². The lowest BCUT2D eigenvalue weighted by molar-refractivity contribution is 0.104. The van der Waals surface area contributed by atoms with E-state index in [4.69, 9.17) is 4.74 Å². The van der Waals surface area contributed by atoms with Crippen molar-refractivity contribution < 1.29 is 9.53 Å². The number of aromatic nitrogens is 1. The number of carbonyl (C=O) groups is 1. The Kier molecular flexibility index (Phi) is 2.94. The summed E-state index contributed by atoms with van der Waals surface area (Å²) in [4.78, 5) is 14.8. The molecule has 0 saturated carbocycles. The molecule has 0 aliphatic heterocycles. The van der Waals surface area contributed by atoms with Gasteiger partial charge >= 0.3 is 0 Å². The van der Waals surface area contributed by atoms with Crippen LogP contribution in [0.5, 0.6) is 0 Å². The second kappa shape index (κ2) is 3.97. The third-order valence-corrected chi connectivity index (χ3v) is 1.43. The van der Waals surface area contributed by atoms with Crippen molar-refractivity contribution in [1.29, 1.82) is 0 Å². The molecular formula is C9H10NO2. The molecular weight excluding hydrogens is 154 g/mol. The van der Waals surface area contributed by atoms with Gasteiger partial charge in [-0.3, -0.25) is 9.78 Å². The normalized spacial score (nSPS) is 9.83. The molecule has 1 aromatic heterocycles. The van der Waals surface area contributed by atoms with Crippen LogP contribution in [-0.4, -0.2) is 17.9 Å². The Hall–Kier alpha value is -1.22. The molecule has 0 unspecified atom stereocenters. The Labute approximate surface area is 71.4 Å². The van der Waals surface area contributed by atoms with Crippen LogP contribution in [0.2, 0.25) is 0 Å². The summed E-state index contributed by atoms with van der Waals surface area (Å²) in [5.74, 6) is -0.199. The monoisotopic (exact) mass is 164 g/mol. The molecule has 0 atom stereocenters. The van der Waals surface area contributed by atoms with Gasteiger partial charge in [0, 0.05) is 25.8 Å². The van der Waals surface area contributed by atoms with Crippen molar-refractivity contribution >= 4 is 5.78 Å². The minimum atomic E-state index is -0.199. The molecule has 1 aromatic rings. The number of hydrogen-bond acceptors (Lipinski definition) is 3. The molecule has 0 bridgehead atoms. The Morgan fingerprint density at radius 3 is 3.08 bits per heavy atom. The van der Waals surface area contributed by atoms with Crippen LogP contribution in [0.3, 0.4) is 0 Å². The average Bonchev–Trinajstić information content (AvgIpc) is 2.05. The summed E-state index contributed by atoms with van der Waals surface area (Å²) in [6, 6.07) is 3.31. The minimum Gasteiger partial charge on any atom is -0.378 e. The first-order valence-corrected chi connectivity index (χ1v) is 3.54. The maximum atomic E-state index is 10.8. The molecule has 3 heteroatoms. The average molecular weight is 164 g/mol. The maximum absolute atomic E-state index is 10.8. The Morgan fingerprint density at radius 2 is 2.50 bits per heavy atom. The third-order valence-electron chi connectivity index (χ3n) is 1.43. The van der Waals surface area contributed by atoms with Crippen molar-refractivity contribution in [3.8, 4) is 0 Å². The molecule has 0 aliphatic carbocycles. The highest BCUT2D eigenvalue weighted by Gasteiger charge is 2.00. The van der Waals surface area contributed by atoms with E-state index in [1.165, 1.54) is 0 Å². The summed E-state index contributed by atoms with van der Waals surface area (Å²) >= 11 is 0. The zero-order valence-electron chi connectivity index (χ0n) is 6.91. The van der Waals surface area contributed by atoms with Crippen LogP contribution in [0, 0.1) is 6.92 Å². The van der Waals surface area contributed by atoms with Crippen LogP contribution in [0.1, 0.15) is 16.1 Å². The molecule has 12 heavy (non-hydrogen) atoms. The highest BCUT2D eigenvalue weighted by atomic mass is 16.5. The highest BCUT2D eigenvalue weighted by molar-refractivity contribution is 5.99. The first-order valence-electron chi connectivity index (χ1n) is 3.54. The summed E-state index contributed by atoms with van der Waals surface area (Å²) in [6.45, 7) is 3.72. The summed E-state index contributed by atoms with van der Waals surface area (Å²) in [5, 5.41) is 0. The third kappa shape index (κ3) is 2.13. The molecule has 0 amide bonds. The van der Waals surface area contributed by atoms with Crippen molar-refractivity contribution in [2.75, 3.05) is 7.11 Å². The Balaban J connectivity index is 2.88. The van der Waals surface area contributed by atoms with Gasteiger partial charge in [-0.15, -0.1) is 0 Å². The Bertz CT molecular complexity index is 284. The molecule has 0 saturated heterocycles. The predicted molar refractivity (Wildman–Crippen MR) is 44.6 cm³/mol. The van der Waals surface area contributed by atoms with E-state index in [2.05, 4.69) is 11.9 Å². The molecule has 0 aromatic carbocycles. The topological polar surface area (TPSA) is 39.2 Å². The van der Waals surface area contributed by atoms with Gasteiger partial charge in [-0.25, -0.2) is 0 Å². The first kappa shape index (κ1) is 8.87. The summed E-state index contributed by atoms with van der Waals surface area (Å²) < 4.78 is 4.87. The van der Waals surface area contributed by atoms with Crippen molar-refractivity contribution in [2.45, 2.75) is 6.61 Å². The number of carbonyl (C=O) groups excluding carboxylic acids is 1. The van der Waals surface area contributed by atoms with Crippen LogP contribution < -0.4 is 0 Å². The van der Waals surface area contributed by atoms with Gasteiger partial charge in [-0.2, -0.15) is 0 Å². The quantitative estimate of drug-likeness (QED) is 0.631. The predicted octanol–water partition coefficient (Wildman–Crippen LogP) is 1.24. The van der Waals surface area contributed by atoms with E-state index in [-0.39, 0.29) is 5.78 Å². The smallest absolute Gasteiger partial charge is 0.163 e. The fraction of sp³-hybridized carbons (Fsp3) is 0.222. The van der Waals surface area contributed by atoms with E-state index in [9.17, 15) is 4.79 Å². The second-order valence-electron chi connectivity index (χ2n) is 2.39. The number of nitrogens with zero attached hydrogens (tertiary/aromatic N) is 1. The van der Waals surface area contributed by atoms with Gasteiger partial charge in [0.05, 0.1) is 12.3 Å². The number of rotatable bonds is 3. The lowest BCUT2D eigenvalue weighted by atomic mass is 10.2. The molecule has 63 valence electrons. The number of Topliss-reactive ketones (excluding diaryl/α,β-unsaturated/α-hetero) is 1. The SMILES string of the molecule is [CH2]C(=O)c1ccnc(COC)c1. The van der Waals surface area contributed by atoms with E-state index in [0.717, 1.165) is 5.69 Å². The van der Waals surface area contributed by atoms with Gasteiger partial charge in [0.2, 0.25) is 0 Å². The van der Waals surface area contributed by atoms with E-state index in [1.807, 2.05) is 0 Å². The molecule has 0 fully saturated rings. The van der Waals surface area contributed by atoms with Crippen LogP contribution in [0.4, 0.5) is 0 Å². The van der Waals surface area contributed by atoms with Crippen LogP contribution in [0.15, 0.2) is 18.3 Å². The summed E-state index contributed by atoms with van der Waals surface area (Å²) in [5.41, 5.74) is 1.31. The Morgan fingerprint density at radius 1 is 1.75 bits per heavy atom. The second-order valence-corrected chi connectivity index (χ2v) is 2.39. The van der Waals surface area contributed by atoms with Crippen molar-refractivity contribution in [2.24, 2.45) is 0 Å². The zero-order valence-corrected chi connectivity index (χ0v) is 6.91. The van der Waals surface area contributed by atoms with Gasteiger partial charge in [0.1, 0.15) is 0 Å². The van der Waals surface area contributed by atoms with Crippen LogP contribution in [-0.2, 0) is 11.3 Å². The minimum absolute atomic E-state index is 0.199. The molecule has 1 heterocycles. The fourth-order valence-electron chi connectivity index (χ4n) is 0.878. The van der Waals surface area contributed by atoms with Crippen LogP contribution >= 0.6 is 0 Å². The summed E-state index contributed by atoms with van der Waals surface area (Å²) in [6.07, 6.45) is 1.58. The van der Waals surface area contributed by atoms with Crippen LogP contribution in [0.25, 0.3) is 0 Å². The fourth-order valence-corrected chi connectivity index (χ4v) is 0.878. The van der Waals surface area contributed by atoms with E-state index in [1.54, 1.807) is 25.4 Å². The molecule has 3 nitrogen and oxygen atoms in total. The number of methoxy groups -OCH3 is 1. The maximum Gasteiger partial charge on any atom is 0.163 e. The number of hydrogen-bond donors (Lipinski definition) is 0. The van der Waals surface area contributed by atoms with Gasteiger partial charge in [0.25, 0.3) is 0 Å². The molecule has 0 spiro atoms. The lowest BCUT2D eigenvalue weighted by Crippen LogP contribution is -1.97. The number of ketones is 1. The largest absolute Gasteiger partial charge is 0.378 e. The molecule has 1 radical (unpaired) electrons. The molecule has 0 aliphatic rings. The lowest BCUT2D eigenvalue weighted by Gasteiger charge is -1.99. The van der Waals surface area contributed by atoms with Crippen molar-refractivity contribution in [3.63, 3.8) is 0 Å². The highest BCUT2D eigenvalue weighted by Crippen LogP contribution is 2.03. The van der Waals surface area contributed by atoms with E-state index < -0.39 is 0 Å². The van der Waals surface area contributed by atoms with Crippen molar-refractivity contribution in [3.05, 3.63) is 36.5 Å².